The summed E-state index contributed by atoms with van der Waals surface area (Å²) in [6.07, 6.45) is 0. The summed E-state index contributed by atoms with van der Waals surface area (Å²) in [6.45, 7) is 7.51. The Hall–Kier alpha value is -4.00. The average Bonchev–Trinajstić information content (AvgIpc) is 2.85. The van der Waals surface area contributed by atoms with Gasteiger partial charge in [0.05, 0.1) is 23.5 Å². The predicted octanol–water partition coefficient (Wildman–Crippen LogP) is 4.67. The zero-order valence-electron chi connectivity index (χ0n) is 19.5. The summed E-state index contributed by atoms with van der Waals surface area (Å²) in [5.41, 5.74) is 3.61. The van der Waals surface area contributed by atoms with Crippen molar-refractivity contribution in [3.63, 3.8) is 0 Å². The van der Waals surface area contributed by atoms with Crippen LogP contribution in [0.5, 0.6) is 5.75 Å². The summed E-state index contributed by atoms with van der Waals surface area (Å²) >= 11 is 0. The first-order valence-electron chi connectivity index (χ1n) is 11.4. The molecule has 4 rings (SSSR count). The molecule has 1 fully saturated rings. The van der Waals surface area contributed by atoms with Crippen molar-refractivity contribution in [3.8, 4) is 5.75 Å². The van der Waals surface area contributed by atoms with E-state index in [0.717, 1.165) is 48.9 Å². The van der Waals surface area contributed by atoms with Crippen LogP contribution in [0.1, 0.15) is 33.2 Å². The van der Waals surface area contributed by atoms with E-state index in [1.165, 1.54) is 0 Å². The fourth-order valence-electron chi connectivity index (χ4n) is 4.23. The number of nitrogens with zero attached hydrogens (tertiary/aromatic N) is 2. The molecule has 0 atom stereocenters. The van der Waals surface area contributed by atoms with Crippen molar-refractivity contribution in [2.24, 2.45) is 0 Å². The molecule has 7 heteroatoms. The quantitative estimate of drug-likeness (QED) is 0.534. The molecular weight excluding hydrogens is 430 g/mol. The van der Waals surface area contributed by atoms with Crippen molar-refractivity contribution in [2.45, 2.75) is 13.8 Å². The van der Waals surface area contributed by atoms with Gasteiger partial charge in [-0.2, -0.15) is 0 Å². The van der Waals surface area contributed by atoms with Gasteiger partial charge in [0.2, 0.25) is 0 Å². The summed E-state index contributed by atoms with van der Waals surface area (Å²) in [4.78, 5) is 29.2. The molecule has 1 aliphatic heterocycles. The van der Waals surface area contributed by atoms with Crippen LogP contribution in [-0.2, 0) is 0 Å². The Bertz CT molecular complexity index is 1190. The fourth-order valence-corrected chi connectivity index (χ4v) is 4.23. The van der Waals surface area contributed by atoms with Crippen LogP contribution in [0.25, 0.3) is 0 Å². The van der Waals surface area contributed by atoms with E-state index >= 15 is 0 Å². The molecule has 0 aliphatic carbocycles. The Labute approximate surface area is 199 Å². The molecule has 176 valence electrons. The molecule has 0 saturated carbocycles. The second-order valence-electron chi connectivity index (χ2n) is 8.18. The summed E-state index contributed by atoms with van der Waals surface area (Å²) in [7, 11) is 0. The van der Waals surface area contributed by atoms with Gasteiger partial charge in [0.25, 0.3) is 5.91 Å². The minimum Gasteiger partial charge on any atom is -0.492 e. The smallest absolute Gasteiger partial charge is 0.337 e. The van der Waals surface area contributed by atoms with E-state index in [9.17, 15) is 14.7 Å². The molecule has 34 heavy (non-hydrogen) atoms. The van der Waals surface area contributed by atoms with Gasteiger partial charge < -0.3 is 25.0 Å². The van der Waals surface area contributed by atoms with Crippen molar-refractivity contribution in [1.29, 1.82) is 0 Å². The number of rotatable bonds is 7. The van der Waals surface area contributed by atoms with Crippen LogP contribution >= 0.6 is 0 Å². The number of aromatic carboxylic acids is 1. The highest BCUT2D eigenvalue weighted by molar-refractivity contribution is 6.08. The molecule has 0 radical (unpaired) electrons. The highest BCUT2D eigenvalue weighted by Crippen LogP contribution is 2.30. The third kappa shape index (κ3) is 4.98. The number of hydrogen-bond acceptors (Lipinski definition) is 5. The van der Waals surface area contributed by atoms with Crippen LogP contribution in [0.2, 0.25) is 0 Å². The highest BCUT2D eigenvalue weighted by atomic mass is 16.5. The lowest BCUT2D eigenvalue weighted by Gasteiger charge is -2.38. The predicted molar refractivity (Wildman–Crippen MR) is 135 cm³/mol. The van der Waals surface area contributed by atoms with Gasteiger partial charge in [-0.25, -0.2) is 4.79 Å². The number of amides is 1. The van der Waals surface area contributed by atoms with Gasteiger partial charge in [-0.3, -0.25) is 4.79 Å². The molecule has 1 aliphatic rings. The number of piperazine rings is 1. The van der Waals surface area contributed by atoms with Gasteiger partial charge in [-0.15, -0.1) is 0 Å². The number of benzene rings is 3. The topological polar surface area (TPSA) is 82.1 Å². The van der Waals surface area contributed by atoms with Crippen molar-refractivity contribution in [3.05, 3.63) is 83.4 Å². The number of anilines is 3. The van der Waals surface area contributed by atoms with Crippen LogP contribution in [0, 0.1) is 6.92 Å². The third-order valence-corrected chi connectivity index (χ3v) is 6.02. The van der Waals surface area contributed by atoms with Crippen LogP contribution < -0.4 is 19.9 Å². The SMILES string of the molecule is CCOc1ccccc1N1CCN(c2ccc(NC(=O)c3ccccc3C)c(C(=O)O)c2)CC1. The molecular formula is C27H29N3O4. The van der Waals surface area contributed by atoms with Gasteiger partial charge in [0.15, 0.2) is 0 Å². The number of aryl methyl sites for hydroxylation is 1. The molecule has 1 heterocycles. The van der Waals surface area contributed by atoms with E-state index in [2.05, 4.69) is 21.2 Å². The number of carboxylic acid groups (broad SMARTS) is 1. The summed E-state index contributed by atoms with van der Waals surface area (Å²) in [5, 5.41) is 12.6. The van der Waals surface area contributed by atoms with Gasteiger partial charge >= 0.3 is 5.97 Å². The van der Waals surface area contributed by atoms with Crippen LogP contribution in [0.4, 0.5) is 17.1 Å². The van der Waals surface area contributed by atoms with Crippen molar-refractivity contribution < 1.29 is 19.4 Å². The van der Waals surface area contributed by atoms with E-state index < -0.39 is 5.97 Å². The minimum absolute atomic E-state index is 0.0727. The first kappa shape index (κ1) is 23.2. The largest absolute Gasteiger partial charge is 0.492 e. The van der Waals surface area contributed by atoms with E-state index in [4.69, 9.17) is 4.74 Å². The maximum Gasteiger partial charge on any atom is 0.337 e. The van der Waals surface area contributed by atoms with Crippen molar-refractivity contribution in [2.75, 3.05) is 47.9 Å². The maximum atomic E-state index is 12.7. The number of carbonyl (C=O) groups excluding carboxylic acids is 1. The van der Waals surface area contributed by atoms with Crippen LogP contribution in [0.15, 0.2) is 66.7 Å². The number of nitrogens with one attached hydrogen (secondary N) is 1. The van der Waals surface area contributed by atoms with Gasteiger partial charge in [-0.1, -0.05) is 30.3 Å². The van der Waals surface area contributed by atoms with Crippen molar-refractivity contribution >= 4 is 28.9 Å². The Morgan fingerprint density at radius 2 is 1.59 bits per heavy atom. The molecule has 1 amide bonds. The Morgan fingerprint density at radius 1 is 0.912 bits per heavy atom. The van der Waals surface area contributed by atoms with Crippen molar-refractivity contribution in [1.82, 2.24) is 0 Å². The summed E-state index contributed by atoms with van der Waals surface area (Å²) in [6, 6.07) is 20.4. The first-order chi connectivity index (χ1) is 16.5. The van der Waals surface area contributed by atoms with Gasteiger partial charge in [-0.05, 0) is 55.8 Å². The van der Waals surface area contributed by atoms with E-state index in [1.54, 1.807) is 24.3 Å². The average molecular weight is 460 g/mol. The summed E-state index contributed by atoms with van der Waals surface area (Å²) < 4.78 is 5.77. The third-order valence-electron chi connectivity index (χ3n) is 6.02. The van der Waals surface area contributed by atoms with Crippen LogP contribution in [-0.4, -0.2) is 49.8 Å². The molecule has 2 N–H and O–H groups in total. The number of para-hydroxylation sites is 2. The molecule has 7 nitrogen and oxygen atoms in total. The zero-order chi connectivity index (χ0) is 24.1. The number of hydrogen-bond donors (Lipinski definition) is 2. The van der Waals surface area contributed by atoms with Gasteiger partial charge in [0, 0.05) is 37.4 Å². The molecule has 0 unspecified atom stereocenters. The molecule has 0 bridgehead atoms. The Kier molecular flexibility index (Phi) is 7.01. The first-order valence-corrected chi connectivity index (χ1v) is 11.4. The fraction of sp³-hybridized carbons (Fsp3) is 0.259. The molecule has 0 spiro atoms. The molecule has 1 saturated heterocycles. The lowest BCUT2D eigenvalue weighted by molar-refractivity contribution is 0.0698. The monoisotopic (exact) mass is 459 g/mol. The highest BCUT2D eigenvalue weighted by Gasteiger charge is 2.22. The lowest BCUT2D eigenvalue weighted by Crippen LogP contribution is -2.46. The zero-order valence-corrected chi connectivity index (χ0v) is 19.5. The minimum atomic E-state index is -1.08. The molecule has 0 aromatic heterocycles. The van der Waals surface area contributed by atoms with E-state index in [0.29, 0.717) is 12.2 Å². The standard InChI is InChI=1S/C27H29N3O4/c1-3-34-25-11-7-6-10-24(25)30-16-14-29(15-17-30)20-12-13-23(22(18-20)27(32)33)28-26(31)21-9-5-4-8-19(21)2/h4-13,18H,3,14-17H2,1-2H3,(H,28,31)(H,32,33). The normalized spacial score (nSPS) is 13.5. The number of carbonyl (C=O) groups is 2. The Balaban J connectivity index is 1.49. The lowest BCUT2D eigenvalue weighted by atomic mass is 10.1. The molecule has 3 aromatic rings. The summed E-state index contributed by atoms with van der Waals surface area (Å²) in [5.74, 6) is -0.526. The Morgan fingerprint density at radius 3 is 2.29 bits per heavy atom. The van der Waals surface area contributed by atoms with Gasteiger partial charge in [0.1, 0.15) is 5.75 Å². The molecule has 3 aromatic carbocycles. The number of carboxylic acids is 1. The number of ether oxygens (including phenoxy) is 1. The van der Waals surface area contributed by atoms with Crippen LogP contribution in [0.3, 0.4) is 0 Å². The second-order valence-corrected chi connectivity index (χ2v) is 8.18. The second kappa shape index (κ2) is 10.3. The maximum absolute atomic E-state index is 12.7. The van der Waals surface area contributed by atoms with E-state index in [1.807, 2.05) is 50.2 Å². The van der Waals surface area contributed by atoms with E-state index in [-0.39, 0.29) is 17.2 Å².